The molecular formula is C49H68N2O11. The topological polar surface area (TPSA) is 166 Å². The molecule has 6 rings (SSSR count). The van der Waals surface area contributed by atoms with Crippen molar-refractivity contribution < 1.29 is 53.4 Å². The minimum absolute atomic E-state index is 0.0136. The zero-order chi connectivity index (χ0) is 43.9. The lowest BCUT2D eigenvalue weighted by Crippen LogP contribution is -2.70. The van der Waals surface area contributed by atoms with Crippen molar-refractivity contribution in [2.45, 2.75) is 108 Å². The molecule has 6 atom stereocenters. The van der Waals surface area contributed by atoms with Crippen LogP contribution in [0, 0.1) is 23.7 Å². The molecule has 0 radical (unpaired) electrons. The molecule has 0 spiro atoms. The zero-order valence-corrected chi connectivity index (χ0v) is 36.7. The molecule has 0 saturated heterocycles. The third-order valence-electron chi connectivity index (χ3n) is 13.2. The molecule has 0 aromatic heterocycles. The zero-order valence-electron chi connectivity index (χ0n) is 36.7. The standard InChI is InChI=1S/C49H68N2O11/c1-4-26-59-49-45(51(22-27-58-28-25-54)46(56)21-16-34-12-6-7-13-34)32-42(50-60-5-2)40-30-35(14-8-10-23-52)39(15-9-11-24-53)47(48(40)49)41-31-38(18-20-44(41)62-49)61-37-17-19-43(57-3)36(29-37)33-55/h4,17-20,29-31,33-35,39,45,47-48,52-54H,1,5-16,21-28,32H2,2-3H3. The van der Waals surface area contributed by atoms with Crippen molar-refractivity contribution in [3.63, 3.8) is 0 Å². The molecule has 62 heavy (non-hydrogen) atoms. The minimum atomic E-state index is -1.40. The molecule has 1 heterocycles. The average molecular weight is 861 g/mol. The molecule has 6 unspecified atom stereocenters. The number of benzene rings is 2. The fourth-order valence-corrected chi connectivity index (χ4v) is 10.4. The highest BCUT2D eigenvalue weighted by Gasteiger charge is 2.65. The van der Waals surface area contributed by atoms with Gasteiger partial charge in [-0.3, -0.25) is 9.59 Å². The third-order valence-corrected chi connectivity index (χ3v) is 13.2. The van der Waals surface area contributed by atoms with E-state index >= 15 is 0 Å². The summed E-state index contributed by atoms with van der Waals surface area (Å²) in [4.78, 5) is 34.5. The quantitative estimate of drug-likeness (QED) is 0.0366. The van der Waals surface area contributed by atoms with Gasteiger partial charge >= 0.3 is 0 Å². The van der Waals surface area contributed by atoms with Crippen LogP contribution in [-0.2, 0) is 19.1 Å². The van der Waals surface area contributed by atoms with Gasteiger partial charge in [-0.2, -0.15) is 0 Å². The Hall–Kier alpha value is -4.27. The summed E-state index contributed by atoms with van der Waals surface area (Å²) in [6.45, 7) is 7.10. The first-order valence-electron chi connectivity index (χ1n) is 22.9. The van der Waals surface area contributed by atoms with E-state index in [4.69, 9.17) is 33.7 Å². The van der Waals surface area contributed by atoms with Crippen LogP contribution in [0.2, 0.25) is 0 Å². The summed E-state index contributed by atoms with van der Waals surface area (Å²) in [5, 5.41) is 34.3. The first-order valence-corrected chi connectivity index (χ1v) is 22.9. The molecule has 3 N–H and O–H groups in total. The van der Waals surface area contributed by atoms with Crippen molar-refractivity contribution in [3.8, 4) is 23.0 Å². The molecule has 13 nitrogen and oxygen atoms in total. The number of hydrogen-bond donors (Lipinski definition) is 3. The number of oxime groups is 1. The SMILES string of the molecule is C=CCOC12Oc3ccc(Oc4ccc(OC)c(C=O)c4)cc3C3C(CCCCO)C(CCCCO)C=C(C(=NOCC)CC1N(CCOCCO)C(=O)CCC1CCCC1)C32. The molecule has 0 bridgehead atoms. The van der Waals surface area contributed by atoms with Crippen molar-refractivity contribution in [2.24, 2.45) is 28.8 Å². The fourth-order valence-electron chi connectivity index (χ4n) is 10.4. The van der Waals surface area contributed by atoms with Gasteiger partial charge in [0, 0.05) is 44.1 Å². The van der Waals surface area contributed by atoms with Gasteiger partial charge < -0.3 is 48.7 Å². The second-order valence-electron chi connectivity index (χ2n) is 16.9. The maximum absolute atomic E-state index is 14.8. The molecule has 2 saturated carbocycles. The summed E-state index contributed by atoms with van der Waals surface area (Å²) in [6.07, 6.45) is 15.4. The van der Waals surface area contributed by atoms with Crippen molar-refractivity contribution in [2.75, 3.05) is 59.9 Å². The number of aldehydes is 1. The third kappa shape index (κ3) is 10.9. The van der Waals surface area contributed by atoms with Crippen LogP contribution in [-0.4, -0.2) is 110 Å². The van der Waals surface area contributed by atoms with E-state index < -0.39 is 17.7 Å². The van der Waals surface area contributed by atoms with E-state index in [0.717, 1.165) is 68.1 Å². The molecule has 4 aliphatic rings. The van der Waals surface area contributed by atoms with Crippen LogP contribution in [0.4, 0.5) is 0 Å². The van der Waals surface area contributed by atoms with E-state index in [9.17, 15) is 24.9 Å². The van der Waals surface area contributed by atoms with Gasteiger partial charge in [0.15, 0.2) is 6.29 Å². The molecule has 3 aliphatic carbocycles. The fraction of sp³-hybridized carbons (Fsp3) is 0.612. The van der Waals surface area contributed by atoms with Crippen molar-refractivity contribution in [3.05, 3.63) is 71.8 Å². The monoisotopic (exact) mass is 860 g/mol. The van der Waals surface area contributed by atoms with Gasteiger partial charge in [0.05, 0.1) is 50.7 Å². The van der Waals surface area contributed by atoms with Gasteiger partial charge in [-0.1, -0.05) is 55.8 Å². The second kappa shape index (κ2) is 23.4. The maximum atomic E-state index is 14.8. The van der Waals surface area contributed by atoms with E-state index in [1.54, 1.807) is 24.3 Å². The molecule has 340 valence electrons. The number of fused-ring (bicyclic) bond motifs is 2. The number of methoxy groups -OCH3 is 1. The van der Waals surface area contributed by atoms with Crippen molar-refractivity contribution in [1.82, 2.24) is 4.90 Å². The van der Waals surface area contributed by atoms with Crippen molar-refractivity contribution in [1.29, 1.82) is 0 Å². The largest absolute Gasteiger partial charge is 0.496 e. The molecule has 2 fully saturated rings. The maximum Gasteiger partial charge on any atom is 0.239 e. The van der Waals surface area contributed by atoms with Gasteiger partial charge in [0.2, 0.25) is 11.7 Å². The number of amides is 1. The Morgan fingerprint density at radius 2 is 1.74 bits per heavy atom. The molecular weight excluding hydrogens is 793 g/mol. The van der Waals surface area contributed by atoms with Gasteiger partial charge in [-0.05, 0) is 98.8 Å². The van der Waals surface area contributed by atoms with Crippen LogP contribution >= 0.6 is 0 Å². The molecule has 13 heteroatoms. The van der Waals surface area contributed by atoms with Gasteiger partial charge in [-0.15, -0.1) is 6.58 Å². The van der Waals surface area contributed by atoms with Crippen LogP contribution in [0.5, 0.6) is 23.0 Å². The number of nitrogens with zero attached hydrogens (tertiary/aromatic N) is 2. The number of carbonyl (C=O) groups is 2. The summed E-state index contributed by atoms with van der Waals surface area (Å²) in [7, 11) is 1.52. The molecule has 1 aliphatic heterocycles. The average Bonchev–Trinajstić information content (AvgIpc) is 3.82. The molecule has 2 aromatic rings. The minimum Gasteiger partial charge on any atom is -0.496 e. The van der Waals surface area contributed by atoms with E-state index in [1.807, 2.05) is 30.0 Å². The number of rotatable bonds is 26. The van der Waals surface area contributed by atoms with Gasteiger partial charge in [0.1, 0.15) is 35.6 Å². The predicted octanol–water partition coefficient (Wildman–Crippen LogP) is 7.76. The van der Waals surface area contributed by atoms with Crippen LogP contribution < -0.4 is 14.2 Å². The normalized spacial score (nSPS) is 24.7. The summed E-state index contributed by atoms with van der Waals surface area (Å²) < 4.78 is 32.2. The van der Waals surface area contributed by atoms with E-state index in [0.29, 0.717) is 66.8 Å². The lowest BCUT2D eigenvalue weighted by molar-refractivity contribution is -0.258. The van der Waals surface area contributed by atoms with Crippen LogP contribution in [0.15, 0.2) is 65.9 Å². The van der Waals surface area contributed by atoms with Gasteiger partial charge in [-0.25, -0.2) is 0 Å². The van der Waals surface area contributed by atoms with E-state index in [-0.39, 0.29) is 69.8 Å². The number of unbranched alkanes of at least 4 members (excludes halogenated alkanes) is 2. The molecule has 1 amide bonds. The first kappa shape index (κ1) is 47.2. The van der Waals surface area contributed by atoms with Crippen LogP contribution in [0.1, 0.15) is 112 Å². The Kier molecular flexibility index (Phi) is 17.8. The highest BCUT2D eigenvalue weighted by atomic mass is 16.7. The smallest absolute Gasteiger partial charge is 0.239 e. The van der Waals surface area contributed by atoms with Crippen molar-refractivity contribution >= 4 is 17.9 Å². The number of carbonyl (C=O) groups excluding carboxylic acids is 2. The number of hydrogen-bond acceptors (Lipinski definition) is 12. The summed E-state index contributed by atoms with van der Waals surface area (Å²) >= 11 is 0. The van der Waals surface area contributed by atoms with Crippen LogP contribution in [0.25, 0.3) is 0 Å². The van der Waals surface area contributed by atoms with Crippen LogP contribution in [0.3, 0.4) is 0 Å². The van der Waals surface area contributed by atoms with E-state index in [1.165, 1.54) is 20.0 Å². The lowest BCUT2D eigenvalue weighted by atomic mass is 9.55. The Labute approximate surface area is 367 Å². The highest BCUT2D eigenvalue weighted by molar-refractivity contribution is 6.03. The lowest BCUT2D eigenvalue weighted by Gasteiger charge is -2.60. The molecule has 2 aromatic carbocycles. The number of ether oxygens (including phenoxy) is 5. The van der Waals surface area contributed by atoms with E-state index in [2.05, 4.69) is 12.7 Å². The Balaban J connectivity index is 1.54. The predicted molar refractivity (Wildman–Crippen MR) is 236 cm³/mol. The number of allylic oxidation sites excluding steroid dienone is 1. The summed E-state index contributed by atoms with van der Waals surface area (Å²) in [6, 6.07) is 10.2. The highest BCUT2D eigenvalue weighted by Crippen LogP contribution is 2.62. The first-order chi connectivity index (χ1) is 30.4. The van der Waals surface area contributed by atoms with Gasteiger partial charge in [0.25, 0.3) is 0 Å². The number of aliphatic hydroxyl groups excluding tert-OH is 3. The second-order valence-corrected chi connectivity index (χ2v) is 16.9. The summed E-state index contributed by atoms with van der Waals surface area (Å²) in [5.74, 6) is 0.580. The Bertz CT molecular complexity index is 1840. The Morgan fingerprint density at radius 1 is 0.984 bits per heavy atom. The number of aliphatic hydroxyl groups is 3. The summed E-state index contributed by atoms with van der Waals surface area (Å²) in [5.41, 5.74) is 2.97. The Morgan fingerprint density at radius 3 is 2.45 bits per heavy atom.